The molecule has 2 N–H and O–H groups in total. The Kier molecular flexibility index (Phi) is 3.47. The van der Waals surface area contributed by atoms with Crippen molar-refractivity contribution in [2.75, 3.05) is 13.7 Å². The van der Waals surface area contributed by atoms with E-state index in [9.17, 15) is 4.79 Å². The number of rotatable bonds is 4. The van der Waals surface area contributed by atoms with Gasteiger partial charge in [0, 0.05) is 6.54 Å². The van der Waals surface area contributed by atoms with Gasteiger partial charge in [-0.2, -0.15) is 0 Å². The molecule has 0 aliphatic heterocycles. The van der Waals surface area contributed by atoms with Gasteiger partial charge in [0.2, 0.25) is 5.76 Å². The van der Waals surface area contributed by atoms with Crippen LogP contribution in [0.1, 0.15) is 17.5 Å². The molecule has 0 spiro atoms. The van der Waals surface area contributed by atoms with Gasteiger partial charge in [-0.1, -0.05) is 0 Å². The summed E-state index contributed by atoms with van der Waals surface area (Å²) in [5, 5.41) is 14.8. The second-order valence-electron chi connectivity index (χ2n) is 2.79. The standard InChI is InChI=1S/C8H12N2O4/c1-5(11)4-9-8(12)6-3-7(13-2)10-14-6/h3,5,11H,4H2,1-2H3,(H,9,12). The molecular formula is C8H12N2O4. The van der Waals surface area contributed by atoms with E-state index in [1.165, 1.54) is 13.2 Å². The Bertz CT molecular complexity index is 308. The minimum Gasteiger partial charge on any atom is -0.479 e. The van der Waals surface area contributed by atoms with Crippen molar-refractivity contribution >= 4 is 5.91 Å². The van der Waals surface area contributed by atoms with Crippen LogP contribution in [0.4, 0.5) is 0 Å². The second kappa shape index (κ2) is 4.61. The number of carbonyl (C=O) groups is 1. The fraction of sp³-hybridized carbons (Fsp3) is 0.500. The maximum Gasteiger partial charge on any atom is 0.290 e. The zero-order valence-electron chi connectivity index (χ0n) is 7.98. The summed E-state index contributed by atoms with van der Waals surface area (Å²) in [5.41, 5.74) is 0. The molecule has 6 heteroatoms. The Morgan fingerprint density at radius 3 is 3.07 bits per heavy atom. The van der Waals surface area contributed by atoms with Crippen molar-refractivity contribution < 1.29 is 19.2 Å². The van der Waals surface area contributed by atoms with Crippen LogP contribution in [-0.2, 0) is 0 Å². The van der Waals surface area contributed by atoms with Crippen molar-refractivity contribution in [3.05, 3.63) is 11.8 Å². The van der Waals surface area contributed by atoms with Gasteiger partial charge in [0.15, 0.2) is 0 Å². The zero-order valence-corrected chi connectivity index (χ0v) is 7.98. The van der Waals surface area contributed by atoms with E-state index in [0.717, 1.165) is 0 Å². The van der Waals surface area contributed by atoms with Crippen molar-refractivity contribution in [2.45, 2.75) is 13.0 Å². The van der Waals surface area contributed by atoms with Crippen LogP contribution in [0.15, 0.2) is 10.6 Å². The smallest absolute Gasteiger partial charge is 0.290 e. The third kappa shape index (κ3) is 2.74. The molecule has 1 aromatic rings. The van der Waals surface area contributed by atoms with Crippen LogP contribution in [0, 0.1) is 0 Å². The minimum absolute atomic E-state index is 0.0579. The van der Waals surface area contributed by atoms with Gasteiger partial charge in [-0.15, -0.1) is 0 Å². The highest BCUT2D eigenvalue weighted by Gasteiger charge is 2.13. The van der Waals surface area contributed by atoms with Gasteiger partial charge >= 0.3 is 0 Å². The first-order valence-corrected chi connectivity index (χ1v) is 4.10. The van der Waals surface area contributed by atoms with Crippen LogP contribution in [-0.4, -0.2) is 35.9 Å². The number of carbonyl (C=O) groups excluding carboxylic acids is 1. The highest BCUT2D eigenvalue weighted by atomic mass is 16.5. The predicted molar refractivity (Wildman–Crippen MR) is 47.1 cm³/mol. The Morgan fingerprint density at radius 1 is 1.86 bits per heavy atom. The molecule has 14 heavy (non-hydrogen) atoms. The van der Waals surface area contributed by atoms with E-state index in [2.05, 4.69) is 15.0 Å². The molecule has 0 saturated heterocycles. The molecule has 0 aliphatic carbocycles. The summed E-state index contributed by atoms with van der Waals surface area (Å²) in [4.78, 5) is 11.3. The summed E-state index contributed by atoms with van der Waals surface area (Å²) < 4.78 is 9.42. The van der Waals surface area contributed by atoms with Gasteiger partial charge in [0.25, 0.3) is 11.8 Å². The van der Waals surface area contributed by atoms with Crippen molar-refractivity contribution in [3.8, 4) is 5.88 Å². The van der Waals surface area contributed by atoms with E-state index in [1.807, 2.05) is 0 Å². The highest BCUT2D eigenvalue weighted by Crippen LogP contribution is 2.09. The van der Waals surface area contributed by atoms with Gasteiger partial charge in [-0.3, -0.25) is 4.79 Å². The summed E-state index contributed by atoms with van der Waals surface area (Å²) >= 11 is 0. The minimum atomic E-state index is -0.594. The van der Waals surface area contributed by atoms with Gasteiger partial charge in [-0.25, -0.2) is 0 Å². The van der Waals surface area contributed by atoms with Crippen molar-refractivity contribution in [3.63, 3.8) is 0 Å². The molecule has 0 radical (unpaired) electrons. The predicted octanol–water partition coefficient (Wildman–Crippen LogP) is -0.206. The zero-order chi connectivity index (χ0) is 10.6. The lowest BCUT2D eigenvalue weighted by molar-refractivity contribution is 0.0887. The van der Waals surface area contributed by atoms with Gasteiger partial charge in [0.1, 0.15) is 0 Å². The van der Waals surface area contributed by atoms with E-state index in [1.54, 1.807) is 6.92 Å². The first-order chi connectivity index (χ1) is 6.63. The second-order valence-corrected chi connectivity index (χ2v) is 2.79. The lowest BCUT2D eigenvalue weighted by Crippen LogP contribution is -2.30. The summed E-state index contributed by atoms with van der Waals surface area (Å²) in [6.07, 6.45) is -0.594. The lowest BCUT2D eigenvalue weighted by Gasteiger charge is -2.03. The maximum absolute atomic E-state index is 11.3. The Morgan fingerprint density at radius 2 is 2.57 bits per heavy atom. The molecule has 0 aromatic carbocycles. The molecule has 0 aliphatic rings. The number of aliphatic hydroxyl groups is 1. The van der Waals surface area contributed by atoms with Gasteiger partial charge in [0.05, 0.1) is 19.3 Å². The number of hydrogen-bond donors (Lipinski definition) is 2. The molecule has 6 nitrogen and oxygen atoms in total. The first kappa shape index (κ1) is 10.5. The van der Waals surface area contributed by atoms with E-state index >= 15 is 0 Å². The van der Waals surface area contributed by atoms with Crippen LogP contribution in [0.3, 0.4) is 0 Å². The third-order valence-corrected chi connectivity index (χ3v) is 1.48. The molecule has 1 aromatic heterocycles. The summed E-state index contributed by atoms with van der Waals surface area (Å²) in [6.45, 7) is 1.74. The molecule has 1 heterocycles. The number of hydrogen-bond acceptors (Lipinski definition) is 5. The molecule has 1 atom stereocenters. The lowest BCUT2D eigenvalue weighted by atomic mass is 10.3. The number of ether oxygens (including phenoxy) is 1. The van der Waals surface area contributed by atoms with Crippen molar-refractivity contribution in [1.82, 2.24) is 10.5 Å². The van der Waals surface area contributed by atoms with Crippen LogP contribution >= 0.6 is 0 Å². The highest BCUT2D eigenvalue weighted by molar-refractivity contribution is 5.91. The van der Waals surface area contributed by atoms with Crippen LogP contribution in [0.5, 0.6) is 5.88 Å². The maximum atomic E-state index is 11.3. The Balaban J connectivity index is 2.52. The number of aromatic nitrogens is 1. The summed E-state index contributed by atoms with van der Waals surface area (Å²) in [6, 6.07) is 1.37. The fourth-order valence-corrected chi connectivity index (χ4v) is 0.790. The van der Waals surface area contributed by atoms with Gasteiger partial charge in [-0.05, 0) is 12.1 Å². The first-order valence-electron chi connectivity index (χ1n) is 4.10. The molecular weight excluding hydrogens is 188 g/mol. The number of amides is 1. The van der Waals surface area contributed by atoms with E-state index in [4.69, 9.17) is 9.84 Å². The summed E-state index contributed by atoms with van der Waals surface area (Å²) in [7, 11) is 1.43. The van der Waals surface area contributed by atoms with Crippen molar-refractivity contribution in [2.24, 2.45) is 0 Å². The van der Waals surface area contributed by atoms with E-state index < -0.39 is 12.0 Å². The topological polar surface area (TPSA) is 84.6 Å². The molecule has 0 bridgehead atoms. The fourth-order valence-electron chi connectivity index (χ4n) is 0.790. The van der Waals surface area contributed by atoms with Crippen LogP contribution in [0.25, 0.3) is 0 Å². The monoisotopic (exact) mass is 200 g/mol. The third-order valence-electron chi connectivity index (χ3n) is 1.48. The molecule has 1 rings (SSSR count). The van der Waals surface area contributed by atoms with E-state index in [-0.39, 0.29) is 18.2 Å². The molecule has 1 amide bonds. The largest absolute Gasteiger partial charge is 0.479 e. The quantitative estimate of drug-likeness (QED) is 0.702. The van der Waals surface area contributed by atoms with Crippen LogP contribution in [0.2, 0.25) is 0 Å². The SMILES string of the molecule is COc1cc(C(=O)NCC(C)O)on1. The summed E-state index contributed by atoms with van der Waals surface area (Å²) in [5.74, 6) is -0.128. The number of methoxy groups -OCH3 is 1. The average Bonchev–Trinajstić information content (AvgIpc) is 2.62. The van der Waals surface area contributed by atoms with Crippen LogP contribution < -0.4 is 10.1 Å². The van der Waals surface area contributed by atoms with E-state index in [0.29, 0.717) is 0 Å². The Labute approximate surface area is 80.8 Å². The molecule has 78 valence electrons. The molecule has 0 saturated carbocycles. The average molecular weight is 200 g/mol. The molecule has 1 unspecified atom stereocenters. The Hall–Kier alpha value is -1.56. The number of nitrogens with one attached hydrogen (secondary N) is 1. The number of aliphatic hydroxyl groups excluding tert-OH is 1. The number of nitrogens with zero attached hydrogens (tertiary/aromatic N) is 1. The molecule has 0 fully saturated rings. The van der Waals surface area contributed by atoms with Crippen molar-refractivity contribution in [1.29, 1.82) is 0 Å². The normalized spacial score (nSPS) is 12.2. The van der Waals surface area contributed by atoms with Gasteiger partial charge < -0.3 is 19.7 Å².